The molecule has 0 spiro atoms. The molecule has 2 aliphatic rings. The number of amides is 1. The molecule has 7 nitrogen and oxygen atoms in total. The first-order valence-corrected chi connectivity index (χ1v) is 14.5. The van der Waals surface area contributed by atoms with Crippen LogP contribution in [0.5, 0.6) is 0 Å². The predicted octanol–water partition coefficient (Wildman–Crippen LogP) is 3.83. The monoisotopic (exact) mass is 513 g/mol. The van der Waals surface area contributed by atoms with Crippen LogP contribution in [0.2, 0.25) is 0 Å². The van der Waals surface area contributed by atoms with Gasteiger partial charge in [-0.3, -0.25) is 4.79 Å². The van der Waals surface area contributed by atoms with E-state index in [1.165, 1.54) is 9.87 Å². The molecule has 0 bridgehead atoms. The van der Waals surface area contributed by atoms with E-state index in [9.17, 15) is 13.2 Å². The van der Waals surface area contributed by atoms with Crippen molar-refractivity contribution >= 4 is 15.9 Å². The summed E-state index contributed by atoms with van der Waals surface area (Å²) in [4.78, 5) is 15.2. The van der Waals surface area contributed by atoms with Gasteiger partial charge in [-0.1, -0.05) is 48.5 Å². The van der Waals surface area contributed by atoms with Gasteiger partial charge in [0.1, 0.15) is 6.61 Å². The molecule has 8 heteroatoms. The fourth-order valence-electron chi connectivity index (χ4n) is 5.66. The number of benzene rings is 2. The maximum Gasteiger partial charge on any atom is 0.246 e. The number of carbonyl (C=O) groups excluding carboxylic acids is 1. The molecule has 2 aromatic carbocycles. The summed E-state index contributed by atoms with van der Waals surface area (Å²) in [7, 11) is 0.812. The van der Waals surface area contributed by atoms with E-state index in [1.54, 1.807) is 30.3 Å². The van der Waals surface area contributed by atoms with Crippen molar-refractivity contribution in [3.8, 4) is 0 Å². The van der Waals surface area contributed by atoms with Crippen LogP contribution in [0.3, 0.4) is 0 Å². The average molecular weight is 514 g/mol. The minimum Gasteiger partial charge on any atom is -0.368 e. The fraction of sp³-hybridized carbons (Fsp3) is 0.536. The first-order chi connectivity index (χ1) is 17.3. The topological polar surface area (TPSA) is 79.0 Å². The normalized spacial score (nSPS) is 22.9. The second-order valence-corrected chi connectivity index (χ2v) is 12.2. The summed E-state index contributed by atoms with van der Waals surface area (Å²) in [5, 5.41) is 3.16. The van der Waals surface area contributed by atoms with E-state index in [-0.39, 0.29) is 24.7 Å². The highest BCUT2D eigenvalue weighted by atomic mass is 32.2. The van der Waals surface area contributed by atoms with Gasteiger partial charge in [0.05, 0.1) is 11.0 Å². The number of carbonyl (C=O) groups is 1. The maximum absolute atomic E-state index is 12.8. The lowest BCUT2D eigenvalue weighted by atomic mass is 9.78. The van der Waals surface area contributed by atoms with Gasteiger partial charge in [0.2, 0.25) is 15.9 Å². The maximum atomic E-state index is 12.8. The lowest BCUT2D eigenvalue weighted by Gasteiger charge is -2.37. The molecule has 1 N–H and O–H groups in total. The van der Waals surface area contributed by atoms with E-state index in [1.807, 2.05) is 0 Å². The van der Waals surface area contributed by atoms with Crippen LogP contribution in [-0.2, 0) is 19.6 Å². The van der Waals surface area contributed by atoms with Gasteiger partial charge in [-0.2, -0.15) is 4.31 Å². The zero-order valence-corrected chi connectivity index (χ0v) is 22.2. The van der Waals surface area contributed by atoms with Gasteiger partial charge in [-0.25, -0.2) is 8.42 Å². The van der Waals surface area contributed by atoms with Gasteiger partial charge in [-0.15, -0.1) is 0 Å². The number of ether oxygens (including phenoxy) is 1. The molecular weight excluding hydrogens is 474 g/mol. The highest BCUT2D eigenvalue weighted by Gasteiger charge is 2.32. The highest BCUT2D eigenvalue weighted by Crippen LogP contribution is 2.37. The zero-order chi connectivity index (χ0) is 25.5. The van der Waals surface area contributed by atoms with E-state index in [0.29, 0.717) is 42.8 Å². The summed E-state index contributed by atoms with van der Waals surface area (Å²) in [5.41, 5.74) is 1.35. The molecule has 1 aliphatic carbocycles. The number of nitrogens with one attached hydrogen (secondary N) is 1. The SMILES string of the molecule is CN(C)C(c1ccccc1)C1CCC(NC(=O)COC2CCN(S(=O)(=O)c3ccccc3)CC2)CC1. The van der Waals surface area contributed by atoms with Crippen LogP contribution in [0.4, 0.5) is 0 Å². The molecule has 1 saturated heterocycles. The molecule has 0 aromatic heterocycles. The molecule has 1 amide bonds. The van der Waals surface area contributed by atoms with Crippen LogP contribution in [0.25, 0.3) is 0 Å². The van der Waals surface area contributed by atoms with Crippen molar-refractivity contribution in [1.29, 1.82) is 0 Å². The van der Waals surface area contributed by atoms with Crippen molar-refractivity contribution in [2.24, 2.45) is 5.92 Å². The van der Waals surface area contributed by atoms with Crippen molar-refractivity contribution in [2.75, 3.05) is 33.8 Å². The largest absolute Gasteiger partial charge is 0.368 e. The second kappa shape index (κ2) is 12.3. The minimum atomic E-state index is -3.47. The molecule has 0 radical (unpaired) electrons. The quantitative estimate of drug-likeness (QED) is 0.551. The lowest BCUT2D eigenvalue weighted by Crippen LogP contribution is -2.43. The van der Waals surface area contributed by atoms with E-state index in [4.69, 9.17) is 4.74 Å². The Morgan fingerprint density at radius 1 is 0.944 bits per heavy atom. The first kappa shape index (κ1) is 26.8. The Morgan fingerprint density at radius 3 is 2.11 bits per heavy atom. The van der Waals surface area contributed by atoms with Crippen LogP contribution in [-0.4, -0.2) is 69.5 Å². The Balaban J connectivity index is 1.18. The molecule has 4 rings (SSSR count). The summed E-state index contributed by atoms with van der Waals surface area (Å²) < 4.78 is 32.9. The van der Waals surface area contributed by atoms with Crippen molar-refractivity contribution in [3.05, 3.63) is 66.2 Å². The van der Waals surface area contributed by atoms with Gasteiger partial charge >= 0.3 is 0 Å². The summed E-state index contributed by atoms with van der Waals surface area (Å²) in [6.07, 6.45) is 5.20. The van der Waals surface area contributed by atoms with Crippen molar-refractivity contribution in [2.45, 2.75) is 61.6 Å². The van der Waals surface area contributed by atoms with Gasteiger partial charge < -0.3 is 15.0 Å². The molecule has 1 heterocycles. The summed E-state index contributed by atoms with van der Waals surface area (Å²) in [5.74, 6) is 0.495. The van der Waals surface area contributed by atoms with Gasteiger partial charge in [0.15, 0.2) is 0 Å². The first-order valence-electron chi connectivity index (χ1n) is 13.0. The Kier molecular flexibility index (Phi) is 9.17. The van der Waals surface area contributed by atoms with E-state index in [0.717, 1.165) is 25.7 Å². The Bertz CT molecular complexity index is 1060. The molecule has 196 valence electrons. The average Bonchev–Trinajstić information content (AvgIpc) is 2.90. The summed E-state index contributed by atoms with van der Waals surface area (Å²) >= 11 is 0. The molecule has 2 aromatic rings. The van der Waals surface area contributed by atoms with E-state index >= 15 is 0 Å². The highest BCUT2D eigenvalue weighted by molar-refractivity contribution is 7.89. The molecule has 1 saturated carbocycles. The summed E-state index contributed by atoms with van der Waals surface area (Å²) in [6.45, 7) is 0.838. The van der Waals surface area contributed by atoms with Crippen molar-refractivity contribution in [3.63, 3.8) is 0 Å². The number of hydrogen-bond acceptors (Lipinski definition) is 5. The predicted molar refractivity (Wildman–Crippen MR) is 141 cm³/mol. The van der Waals surface area contributed by atoms with Crippen LogP contribution >= 0.6 is 0 Å². The molecule has 36 heavy (non-hydrogen) atoms. The molecule has 1 unspecified atom stereocenters. The smallest absolute Gasteiger partial charge is 0.246 e. The van der Waals surface area contributed by atoms with Crippen LogP contribution in [0.15, 0.2) is 65.6 Å². The fourth-order valence-corrected chi connectivity index (χ4v) is 7.16. The van der Waals surface area contributed by atoms with Crippen LogP contribution in [0, 0.1) is 5.92 Å². The number of sulfonamides is 1. The Hall–Kier alpha value is -2.26. The van der Waals surface area contributed by atoms with Crippen LogP contribution < -0.4 is 5.32 Å². The third-order valence-corrected chi connectivity index (χ3v) is 9.43. The summed E-state index contributed by atoms with van der Waals surface area (Å²) in [6, 6.07) is 19.8. The molecule has 1 atom stereocenters. The number of hydrogen-bond donors (Lipinski definition) is 1. The van der Waals surface area contributed by atoms with Crippen molar-refractivity contribution < 1.29 is 17.9 Å². The number of rotatable bonds is 9. The number of piperidine rings is 1. The van der Waals surface area contributed by atoms with E-state index < -0.39 is 10.0 Å². The Morgan fingerprint density at radius 2 is 1.53 bits per heavy atom. The van der Waals surface area contributed by atoms with Gasteiger partial charge in [0, 0.05) is 25.2 Å². The molecule has 2 fully saturated rings. The lowest BCUT2D eigenvalue weighted by molar-refractivity contribution is -0.129. The minimum absolute atomic E-state index is 0.0281. The third kappa shape index (κ3) is 6.73. The molecular formula is C28H39N3O4S. The van der Waals surface area contributed by atoms with Gasteiger partial charge in [-0.05, 0) is 76.2 Å². The second-order valence-electron chi connectivity index (χ2n) is 10.2. The number of nitrogens with zero attached hydrogens (tertiary/aromatic N) is 2. The van der Waals surface area contributed by atoms with Crippen molar-refractivity contribution in [1.82, 2.24) is 14.5 Å². The Labute approximate surface area is 215 Å². The third-order valence-electron chi connectivity index (χ3n) is 7.51. The van der Waals surface area contributed by atoms with Crippen LogP contribution in [0.1, 0.15) is 50.1 Å². The van der Waals surface area contributed by atoms with E-state index in [2.05, 4.69) is 54.6 Å². The zero-order valence-electron chi connectivity index (χ0n) is 21.4. The van der Waals surface area contributed by atoms with Gasteiger partial charge in [0.25, 0.3) is 0 Å². The molecule has 1 aliphatic heterocycles. The standard InChI is InChI=1S/C28H39N3O4S/c1-30(2)28(22-9-5-3-6-10-22)23-13-15-24(16-14-23)29-27(32)21-35-25-17-19-31(20-18-25)36(33,34)26-11-7-4-8-12-26/h3-12,23-25,28H,13-21H2,1-2H3,(H,29,32).